The smallest absolute Gasteiger partial charge is 0.126 e. The predicted octanol–water partition coefficient (Wildman–Crippen LogP) is 21.7. The quantitative estimate of drug-likeness (QED) is 0.161. The highest BCUT2D eigenvalue weighted by atomic mass is 35.5. The van der Waals surface area contributed by atoms with Crippen LogP contribution in [0.5, 0.6) is 0 Å². The van der Waals surface area contributed by atoms with Crippen LogP contribution < -0.4 is 0 Å². The van der Waals surface area contributed by atoms with E-state index in [1.165, 1.54) is 157 Å². The molecular weight excluding hydrogens is 996 g/mol. The van der Waals surface area contributed by atoms with Crippen molar-refractivity contribution >= 4 is 162 Å². The number of hydrogen-bond acceptors (Lipinski definition) is 3. The van der Waals surface area contributed by atoms with Gasteiger partial charge in [0.15, 0.2) is 0 Å². The third-order valence-corrected chi connectivity index (χ3v) is 18.3. The Kier molecular flexibility index (Phi) is 11.0. The van der Waals surface area contributed by atoms with Crippen LogP contribution in [0.4, 0.5) is 0 Å². The Morgan fingerprint density at radius 2 is 0.857 bits per heavy atom. The van der Waals surface area contributed by atoms with Gasteiger partial charge in [-0.25, -0.2) is 0 Å². The molecule has 0 aliphatic heterocycles. The Labute approximate surface area is 463 Å². The predicted molar refractivity (Wildman–Crippen MR) is 340 cm³/mol. The van der Waals surface area contributed by atoms with Crippen molar-refractivity contribution in [2.75, 3.05) is 0 Å². The zero-order valence-corrected chi connectivity index (χ0v) is 48.0. The highest BCUT2D eigenvalue weighted by Crippen LogP contribution is 2.46. The van der Waals surface area contributed by atoms with Crippen LogP contribution in [0.25, 0.3) is 127 Å². The number of Topliss-reactive ketones (excluding diaryl/α,β-unsaturated/α-hetero) is 1. The van der Waals surface area contributed by atoms with Crippen molar-refractivity contribution in [3.05, 3.63) is 190 Å². The Morgan fingerprint density at radius 3 is 1.43 bits per heavy atom. The zero-order valence-electron chi connectivity index (χ0n) is 46.6. The van der Waals surface area contributed by atoms with E-state index in [4.69, 9.17) is 13.0 Å². The maximum Gasteiger partial charge on any atom is 0.126 e. The SMILES string of the molecule is Cc1ccc2c(c1)sc1cc3cc(-n4c5cc(C)ccc5c5cc(C(C)(C)C)cc(Cl)c54)ccc3cc12.Cc1ccc2c(c1)sc1cc3cc4c(cc3cc12)c1cc(C(C)(C)C)cc2c3ccc(C)cc3n4c21.[2H]CC(C)=O. The minimum Gasteiger partial charge on any atom is -0.308 e. The number of benzene rings is 10. The Balaban J connectivity index is 0.000000137. The van der Waals surface area contributed by atoms with Gasteiger partial charge in [-0.05, 0) is 204 Å². The first-order valence-electron chi connectivity index (χ1n) is 27.3. The number of ketones is 1. The number of aryl methyl sites for hydroxylation is 4. The van der Waals surface area contributed by atoms with Crippen molar-refractivity contribution in [1.29, 1.82) is 0 Å². The van der Waals surface area contributed by atoms with Gasteiger partial charge in [0.05, 0.1) is 32.6 Å². The third-order valence-electron chi connectivity index (χ3n) is 15.8. The first kappa shape index (κ1) is 48.1. The molecule has 0 aliphatic rings. The molecule has 0 saturated heterocycles. The van der Waals surface area contributed by atoms with Crippen molar-refractivity contribution in [2.45, 2.75) is 93.9 Å². The molecule has 6 heteroatoms. The van der Waals surface area contributed by atoms with Gasteiger partial charge in [-0.3, -0.25) is 0 Å². The average Bonchev–Trinajstić information content (AvgIpc) is 4.24. The van der Waals surface area contributed by atoms with E-state index in [-0.39, 0.29) is 23.5 Å². The normalized spacial score (nSPS) is 12.7. The molecule has 0 N–H and O–H groups in total. The van der Waals surface area contributed by atoms with Crippen LogP contribution in [-0.4, -0.2) is 14.8 Å². The topological polar surface area (TPSA) is 26.4 Å². The number of halogens is 1. The second-order valence-electron chi connectivity index (χ2n) is 23.8. The molecule has 0 aliphatic carbocycles. The lowest BCUT2D eigenvalue weighted by Crippen LogP contribution is -2.10. The zero-order chi connectivity index (χ0) is 54.4. The number of hydrogen-bond donors (Lipinski definition) is 0. The number of carbonyl (C=O) groups is 1. The molecule has 77 heavy (non-hydrogen) atoms. The summed E-state index contributed by atoms with van der Waals surface area (Å²) in [5.74, 6) is -0.0787. The van der Waals surface area contributed by atoms with Crippen LogP contribution in [0.15, 0.2) is 152 Å². The van der Waals surface area contributed by atoms with E-state index in [1.54, 1.807) is 0 Å². The fraction of sp³-hybridized carbons (Fsp3) is 0.197. The van der Waals surface area contributed by atoms with Gasteiger partial charge in [0, 0.05) is 79.7 Å². The van der Waals surface area contributed by atoms with Gasteiger partial charge in [0.2, 0.25) is 0 Å². The summed E-state index contributed by atoms with van der Waals surface area (Å²) in [7, 11) is 0. The van der Waals surface area contributed by atoms with E-state index in [0.29, 0.717) is 0 Å². The lowest BCUT2D eigenvalue weighted by Gasteiger charge is -2.20. The second-order valence-corrected chi connectivity index (χ2v) is 26.4. The molecule has 10 aromatic carbocycles. The lowest BCUT2D eigenvalue weighted by atomic mass is 9.85. The van der Waals surface area contributed by atoms with Gasteiger partial charge in [0.1, 0.15) is 5.78 Å². The molecule has 5 heterocycles. The fourth-order valence-corrected chi connectivity index (χ4v) is 14.6. The summed E-state index contributed by atoms with van der Waals surface area (Å²) >= 11 is 10.9. The molecule has 0 saturated carbocycles. The van der Waals surface area contributed by atoms with Crippen molar-refractivity contribution in [2.24, 2.45) is 0 Å². The fourth-order valence-electron chi connectivity index (χ4n) is 11.9. The third kappa shape index (κ3) is 8.15. The molecule has 15 aromatic rings. The van der Waals surface area contributed by atoms with Crippen molar-refractivity contribution in [3.8, 4) is 5.69 Å². The van der Waals surface area contributed by atoms with E-state index in [2.05, 4.69) is 230 Å². The van der Waals surface area contributed by atoms with Crippen LogP contribution in [0.2, 0.25) is 5.02 Å². The van der Waals surface area contributed by atoms with Gasteiger partial charge in [-0.1, -0.05) is 108 Å². The molecule has 0 amide bonds. The summed E-state index contributed by atoms with van der Waals surface area (Å²) in [6.45, 7) is 23.7. The maximum absolute atomic E-state index is 9.62. The largest absolute Gasteiger partial charge is 0.308 e. The minimum absolute atomic E-state index is 0.0219. The van der Waals surface area contributed by atoms with Crippen LogP contribution in [0.1, 0.15) is 90.1 Å². The number of carbonyl (C=O) groups excluding carboxylic acids is 1. The van der Waals surface area contributed by atoms with E-state index in [9.17, 15) is 4.79 Å². The molecule has 0 atom stereocenters. The molecule has 0 bridgehead atoms. The summed E-state index contributed by atoms with van der Waals surface area (Å²) in [6, 6.07) is 57.8. The summed E-state index contributed by atoms with van der Waals surface area (Å²) in [5.41, 5.74) is 15.3. The highest BCUT2D eigenvalue weighted by Gasteiger charge is 2.24. The Bertz CT molecular complexity index is 5010. The van der Waals surface area contributed by atoms with E-state index in [0.717, 1.165) is 16.2 Å². The van der Waals surface area contributed by atoms with Gasteiger partial charge in [-0.15, -0.1) is 22.7 Å². The van der Waals surface area contributed by atoms with Crippen molar-refractivity contribution in [3.63, 3.8) is 0 Å². The van der Waals surface area contributed by atoms with Gasteiger partial charge < -0.3 is 13.8 Å². The van der Waals surface area contributed by atoms with E-state index in [1.807, 2.05) is 22.7 Å². The number of rotatable bonds is 1. The molecule has 15 rings (SSSR count). The first-order chi connectivity index (χ1) is 37.2. The summed E-state index contributed by atoms with van der Waals surface area (Å²) < 4.78 is 16.6. The number of fused-ring (bicyclic) bond motifs is 17. The molecule has 380 valence electrons. The van der Waals surface area contributed by atoms with E-state index >= 15 is 0 Å². The molecule has 0 spiro atoms. The van der Waals surface area contributed by atoms with Crippen LogP contribution in [-0.2, 0) is 15.6 Å². The highest BCUT2D eigenvalue weighted by molar-refractivity contribution is 7.26. The van der Waals surface area contributed by atoms with Crippen LogP contribution in [0, 0.1) is 27.7 Å². The second kappa shape index (κ2) is 17.6. The molecule has 0 fully saturated rings. The van der Waals surface area contributed by atoms with Gasteiger partial charge >= 0.3 is 0 Å². The Morgan fingerprint density at radius 1 is 0.429 bits per heavy atom. The maximum atomic E-state index is 9.62. The van der Waals surface area contributed by atoms with Crippen LogP contribution >= 0.6 is 34.3 Å². The molecule has 3 nitrogen and oxygen atoms in total. The number of aromatic nitrogens is 2. The lowest BCUT2D eigenvalue weighted by molar-refractivity contribution is -0.115. The van der Waals surface area contributed by atoms with Crippen LogP contribution in [0.3, 0.4) is 0 Å². The summed E-state index contributed by atoms with van der Waals surface area (Å²) in [5, 5.41) is 19.3. The summed E-state index contributed by atoms with van der Waals surface area (Å²) in [6.07, 6.45) is 0. The molecule has 5 aromatic heterocycles. The average molecular weight is 1060 g/mol. The van der Waals surface area contributed by atoms with Gasteiger partial charge in [-0.2, -0.15) is 0 Å². The standard InChI is InChI=1S/C34H28ClNS.C34H27NS.C3H6O/c1-19-6-10-25-28-17-23(34(3,4)5)18-29(35)33(28)36(30(25)12-19)24-9-8-21-15-27-26-11-7-20(2)13-31(26)37-32(27)16-22(21)14-24;1-18-6-8-23-27-16-22(34(3,4)5)17-28-25-12-20-13-26-24-9-7-19(2)11-31(24)36-32(26)15-21(20)14-30(25)35(33(27)28)29(23)10-18;1-3(2)4/h6-18H,1-5H3;6-17H,1-5H3;1-2H3/i;;1D. The first-order valence-corrected chi connectivity index (χ1v) is 28.6. The van der Waals surface area contributed by atoms with Crippen molar-refractivity contribution in [1.82, 2.24) is 8.97 Å². The molecule has 0 unspecified atom stereocenters. The number of thiophene rings is 2. The summed E-state index contributed by atoms with van der Waals surface area (Å²) in [4.78, 5) is 9.62. The molecular formula is C71H61ClN2OS2. The number of nitrogens with zero attached hydrogens (tertiary/aromatic N) is 2. The minimum atomic E-state index is -0.0833. The Hall–Kier alpha value is -7.28. The molecule has 0 radical (unpaired) electrons. The van der Waals surface area contributed by atoms with Crippen molar-refractivity contribution < 1.29 is 6.17 Å². The van der Waals surface area contributed by atoms with Gasteiger partial charge in [0.25, 0.3) is 0 Å². The monoisotopic (exact) mass is 1060 g/mol. The van der Waals surface area contributed by atoms with E-state index < -0.39 is 0 Å².